The summed E-state index contributed by atoms with van der Waals surface area (Å²) < 4.78 is 1.76. The van der Waals surface area contributed by atoms with E-state index in [1.54, 1.807) is 4.68 Å². The van der Waals surface area contributed by atoms with Gasteiger partial charge in [0, 0.05) is 61.3 Å². The molecule has 1 aromatic carbocycles. The van der Waals surface area contributed by atoms with Crippen molar-refractivity contribution in [2.24, 2.45) is 7.05 Å². The molecular formula is C22H24N6O. The van der Waals surface area contributed by atoms with Gasteiger partial charge in [0.1, 0.15) is 5.75 Å². The summed E-state index contributed by atoms with van der Waals surface area (Å²) in [5, 5.41) is 20.6. The number of piperazine rings is 1. The van der Waals surface area contributed by atoms with Crippen LogP contribution in [0.3, 0.4) is 0 Å². The van der Waals surface area contributed by atoms with Gasteiger partial charge in [-0.2, -0.15) is 5.10 Å². The molecule has 4 aromatic rings. The van der Waals surface area contributed by atoms with E-state index >= 15 is 0 Å². The molecule has 0 amide bonds. The number of rotatable bonds is 2. The van der Waals surface area contributed by atoms with Crippen molar-refractivity contribution < 1.29 is 5.11 Å². The number of nitrogens with zero attached hydrogens (tertiary/aromatic N) is 5. The van der Waals surface area contributed by atoms with Gasteiger partial charge in [0.15, 0.2) is 5.65 Å². The number of fused-ring (bicyclic) bond motifs is 2. The molecule has 1 fully saturated rings. The van der Waals surface area contributed by atoms with Gasteiger partial charge in [0.05, 0.1) is 23.1 Å². The van der Waals surface area contributed by atoms with Crippen LogP contribution in [0.5, 0.6) is 5.75 Å². The maximum absolute atomic E-state index is 10.8. The number of hydrogen-bond acceptors (Lipinski definition) is 6. The molecule has 0 spiro atoms. The van der Waals surface area contributed by atoms with Gasteiger partial charge >= 0.3 is 0 Å². The molecule has 3 aromatic heterocycles. The standard InChI is InChI=1S/C22H24N6O/c1-13-16-4-5-18(17-10-15-12-27(3)26-20(15)14(2)21(17)29)25-22(16)24-11-19(13)28-8-6-23-7-9-28/h4-5,10-12,23,29H,6-9H2,1-3H3. The van der Waals surface area contributed by atoms with E-state index in [0.717, 1.165) is 48.0 Å². The van der Waals surface area contributed by atoms with Crippen LogP contribution in [-0.2, 0) is 7.05 Å². The van der Waals surface area contributed by atoms with Crippen LogP contribution in [0, 0.1) is 13.8 Å². The lowest BCUT2D eigenvalue weighted by Gasteiger charge is -2.30. The van der Waals surface area contributed by atoms with E-state index in [1.807, 2.05) is 38.5 Å². The molecule has 29 heavy (non-hydrogen) atoms. The third-order valence-corrected chi connectivity index (χ3v) is 5.83. The first kappa shape index (κ1) is 17.9. The Morgan fingerprint density at radius 2 is 1.90 bits per heavy atom. The third kappa shape index (κ3) is 2.89. The molecule has 0 saturated carbocycles. The first-order valence-corrected chi connectivity index (χ1v) is 9.91. The van der Waals surface area contributed by atoms with E-state index < -0.39 is 0 Å². The molecule has 7 heteroatoms. The topological polar surface area (TPSA) is 79.1 Å². The summed E-state index contributed by atoms with van der Waals surface area (Å²) in [6, 6.07) is 5.98. The van der Waals surface area contributed by atoms with Gasteiger partial charge in [-0.3, -0.25) is 4.68 Å². The molecular weight excluding hydrogens is 364 g/mol. The van der Waals surface area contributed by atoms with E-state index in [1.165, 1.54) is 11.3 Å². The van der Waals surface area contributed by atoms with Crippen LogP contribution in [0.25, 0.3) is 33.2 Å². The van der Waals surface area contributed by atoms with E-state index in [0.29, 0.717) is 16.9 Å². The number of aromatic hydroxyl groups is 1. The minimum absolute atomic E-state index is 0.220. The summed E-state index contributed by atoms with van der Waals surface area (Å²) in [5.41, 5.74) is 6.05. The second kappa shape index (κ2) is 6.70. The molecule has 148 valence electrons. The van der Waals surface area contributed by atoms with Crippen LogP contribution in [0.1, 0.15) is 11.1 Å². The third-order valence-electron chi connectivity index (χ3n) is 5.83. The van der Waals surface area contributed by atoms with Crippen LogP contribution in [0.4, 0.5) is 5.69 Å². The van der Waals surface area contributed by atoms with Crippen molar-refractivity contribution in [3.63, 3.8) is 0 Å². The zero-order valence-corrected chi connectivity index (χ0v) is 16.9. The summed E-state index contributed by atoms with van der Waals surface area (Å²) >= 11 is 0. The van der Waals surface area contributed by atoms with Crippen LogP contribution < -0.4 is 10.2 Å². The molecule has 0 radical (unpaired) electrons. The second-order valence-electron chi connectivity index (χ2n) is 7.71. The number of aryl methyl sites for hydroxylation is 3. The van der Waals surface area contributed by atoms with Crippen LogP contribution in [0.2, 0.25) is 0 Å². The number of phenolic OH excluding ortho intramolecular Hbond substituents is 1. The summed E-state index contributed by atoms with van der Waals surface area (Å²) in [5.74, 6) is 0.220. The molecule has 4 heterocycles. The lowest BCUT2D eigenvalue weighted by molar-refractivity contribution is 0.474. The summed E-state index contributed by atoms with van der Waals surface area (Å²) in [7, 11) is 1.88. The van der Waals surface area contributed by atoms with Gasteiger partial charge in [-0.1, -0.05) is 0 Å². The average molecular weight is 388 g/mol. The van der Waals surface area contributed by atoms with Crippen molar-refractivity contribution in [2.75, 3.05) is 31.1 Å². The Bertz CT molecular complexity index is 1240. The lowest BCUT2D eigenvalue weighted by atomic mass is 10.0. The molecule has 0 atom stereocenters. The van der Waals surface area contributed by atoms with Crippen molar-refractivity contribution in [1.82, 2.24) is 25.1 Å². The fourth-order valence-corrected chi connectivity index (χ4v) is 4.21. The molecule has 0 unspecified atom stereocenters. The Morgan fingerprint density at radius 1 is 1.10 bits per heavy atom. The van der Waals surface area contributed by atoms with Crippen molar-refractivity contribution in [3.8, 4) is 17.0 Å². The fourth-order valence-electron chi connectivity index (χ4n) is 4.21. The van der Waals surface area contributed by atoms with E-state index in [4.69, 9.17) is 4.98 Å². The normalized spacial score (nSPS) is 14.8. The fraction of sp³-hybridized carbons (Fsp3) is 0.318. The maximum Gasteiger partial charge on any atom is 0.160 e. The first-order valence-electron chi connectivity index (χ1n) is 9.91. The van der Waals surface area contributed by atoms with E-state index in [-0.39, 0.29) is 5.75 Å². The zero-order valence-electron chi connectivity index (χ0n) is 16.9. The number of nitrogens with one attached hydrogen (secondary N) is 1. The lowest BCUT2D eigenvalue weighted by Crippen LogP contribution is -2.43. The van der Waals surface area contributed by atoms with Crippen molar-refractivity contribution in [3.05, 3.63) is 41.7 Å². The monoisotopic (exact) mass is 388 g/mol. The highest BCUT2D eigenvalue weighted by atomic mass is 16.3. The molecule has 0 aliphatic carbocycles. The highest BCUT2D eigenvalue weighted by Gasteiger charge is 2.18. The van der Waals surface area contributed by atoms with Crippen molar-refractivity contribution in [1.29, 1.82) is 0 Å². The molecule has 1 aliphatic rings. The molecule has 1 aliphatic heterocycles. The van der Waals surface area contributed by atoms with Crippen molar-refractivity contribution >= 4 is 27.6 Å². The van der Waals surface area contributed by atoms with Gasteiger partial charge in [-0.25, -0.2) is 9.97 Å². The van der Waals surface area contributed by atoms with E-state index in [9.17, 15) is 5.11 Å². The predicted octanol–water partition coefficient (Wildman–Crippen LogP) is 2.92. The quantitative estimate of drug-likeness (QED) is 0.550. The smallest absolute Gasteiger partial charge is 0.160 e. The number of benzene rings is 1. The average Bonchev–Trinajstić information content (AvgIpc) is 3.12. The Hall–Kier alpha value is -3.19. The molecule has 5 rings (SSSR count). The van der Waals surface area contributed by atoms with Gasteiger partial charge < -0.3 is 15.3 Å². The summed E-state index contributed by atoms with van der Waals surface area (Å²) in [6.07, 6.45) is 3.88. The van der Waals surface area contributed by atoms with Gasteiger partial charge in [0.2, 0.25) is 0 Å². The highest BCUT2D eigenvalue weighted by Crippen LogP contribution is 2.37. The summed E-state index contributed by atoms with van der Waals surface area (Å²) in [4.78, 5) is 11.8. The maximum atomic E-state index is 10.8. The number of hydrogen-bond donors (Lipinski definition) is 2. The summed E-state index contributed by atoms with van der Waals surface area (Å²) in [6.45, 7) is 7.97. The Kier molecular flexibility index (Phi) is 4.13. The van der Waals surface area contributed by atoms with Crippen LogP contribution in [-0.4, -0.2) is 51.0 Å². The number of aromatic nitrogens is 4. The first-order chi connectivity index (χ1) is 14.0. The second-order valence-corrected chi connectivity index (χ2v) is 7.71. The minimum atomic E-state index is 0.220. The SMILES string of the molecule is Cc1c(N2CCNCC2)cnc2nc(-c3cc4cn(C)nc4c(C)c3O)ccc12. The van der Waals surface area contributed by atoms with Crippen LogP contribution in [0.15, 0.2) is 30.6 Å². The minimum Gasteiger partial charge on any atom is -0.507 e. The molecule has 0 bridgehead atoms. The Balaban J connectivity index is 1.62. The van der Waals surface area contributed by atoms with E-state index in [2.05, 4.69) is 33.3 Å². The van der Waals surface area contributed by atoms with Crippen molar-refractivity contribution in [2.45, 2.75) is 13.8 Å². The molecule has 1 saturated heterocycles. The number of pyridine rings is 2. The van der Waals surface area contributed by atoms with Gasteiger partial charge in [0.25, 0.3) is 0 Å². The number of anilines is 1. The largest absolute Gasteiger partial charge is 0.507 e. The van der Waals surface area contributed by atoms with Gasteiger partial charge in [-0.05, 0) is 37.6 Å². The Labute approximate surface area is 169 Å². The predicted molar refractivity (Wildman–Crippen MR) is 115 cm³/mol. The van der Waals surface area contributed by atoms with Gasteiger partial charge in [-0.15, -0.1) is 0 Å². The Morgan fingerprint density at radius 3 is 2.69 bits per heavy atom. The zero-order chi connectivity index (χ0) is 20.1. The van der Waals surface area contributed by atoms with Crippen LogP contribution >= 0.6 is 0 Å². The molecule has 2 N–H and O–H groups in total. The molecule has 7 nitrogen and oxygen atoms in total. The highest BCUT2D eigenvalue weighted by molar-refractivity contribution is 5.92. The number of phenols is 1.